The smallest absolute Gasteiger partial charge is 0.262 e. The van der Waals surface area contributed by atoms with Crippen LogP contribution in [0.5, 0.6) is 11.5 Å². The monoisotopic (exact) mass is 853 g/mol. The predicted octanol–water partition coefficient (Wildman–Crippen LogP) is 4.43. The Bertz CT molecular complexity index is 2480. The number of ether oxygens (including phenoxy) is 1. The Kier molecular flexibility index (Phi) is 10.5. The van der Waals surface area contributed by atoms with Crippen LogP contribution in [0.2, 0.25) is 0 Å². The molecule has 2 atom stereocenters. The van der Waals surface area contributed by atoms with E-state index >= 15 is 0 Å². The lowest BCUT2D eigenvalue weighted by molar-refractivity contribution is -0.136. The van der Waals surface area contributed by atoms with Crippen molar-refractivity contribution in [3.63, 3.8) is 0 Å². The zero-order chi connectivity index (χ0) is 43.4. The third-order valence-electron chi connectivity index (χ3n) is 14.1. The summed E-state index contributed by atoms with van der Waals surface area (Å²) in [6.07, 6.45) is 5.26. The second kappa shape index (κ2) is 16.3. The van der Waals surface area contributed by atoms with Crippen LogP contribution in [0.1, 0.15) is 88.5 Å². The van der Waals surface area contributed by atoms with Gasteiger partial charge in [0.05, 0.1) is 17.2 Å². The molecule has 4 aromatic rings. The van der Waals surface area contributed by atoms with E-state index in [2.05, 4.69) is 20.4 Å². The Morgan fingerprint density at radius 2 is 1.54 bits per heavy atom. The molecule has 4 saturated heterocycles. The number of nitrogens with one attached hydrogen (secondary N) is 2. The van der Waals surface area contributed by atoms with Crippen LogP contribution in [-0.4, -0.2) is 118 Å². The fourth-order valence-corrected chi connectivity index (χ4v) is 10.7. The second-order valence-corrected chi connectivity index (χ2v) is 17.9. The molecule has 4 N–H and O–H groups in total. The van der Waals surface area contributed by atoms with Crippen molar-refractivity contribution < 1.29 is 33.5 Å². The molecule has 326 valence electrons. The summed E-state index contributed by atoms with van der Waals surface area (Å²) in [5.74, 6) is 0.0318. The zero-order valence-electron chi connectivity index (χ0n) is 35.1. The van der Waals surface area contributed by atoms with Crippen LogP contribution in [0, 0.1) is 11.3 Å². The summed E-state index contributed by atoms with van der Waals surface area (Å²) in [4.78, 5) is 84.6. The number of carbonyl (C=O) groups is 6. The minimum atomic E-state index is -0.984. The molecule has 0 radical (unpaired) electrons. The number of anilines is 2. The first kappa shape index (κ1) is 40.5. The highest BCUT2D eigenvalue weighted by Gasteiger charge is 2.47. The van der Waals surface area contributed by atoms with Gasteiger partial charge in [-0.3, -0.25) is 39.0 Å². The number of fused-ring (bicyclic) bond motifs is 2. The minimum Gasteiger partial charge on any atom is -0.457 e. The van der Waals surface area contributed by atoms with Crippen molar-refractivity contribution in [2.75, 3.05) is 62.6 Å². The van der Waals surface area contributed by atoms with Gasteiger partial charge in [0.15, 0.2) is 0 Å². The number of aromatic nitrogens is 2. The van der Waals surface area contributed by atoms with E-state index in [-0.39, 0.29) is 35.8 Å². The highest BCUT2D eigenvalue weighted by atomic mass is 16.5. The summed E-state index contributed by atoms with van der Waals surface area (Å²) in [6, 6.07) is 21.5. The quantitative estimate of drug-likeness (QED) is 0.191. The molecule has 1 spiro atoms. The van der Waals surface area contributed by atoms with Gasteiger partial charge in [0.1, 0.15) is 34.6 Å². The van der Waals surface area contributed by atoms with Crippen molar-refractivity contribution in [1.82, 2.24) is 29.8 Å². The number of nitrogens with two attached hydrogens (primary N) is 1. The normalized spacial score (nSPS) is 22.3. The maximum Gasteiger partial charge on any atom is 0.262 e. The van der Waals surface area contributed by atoms with E-state index in [0.29, 0.717) is 60.4 Å². The predicted molar refractivity (Wildman–Crippen MR) is 232 cm³/mol. The largest absolute Gasteiger partial charge is 0.457 e. The van der Waals surface area contributed by atoms with Gasteiger partial charge in [-0.15, -0.1) is 0 Å². The number of hydrogen-bond donors (Lipinski definition) is 3. The van der Waals surface area contributed by atoms with Crippen molar-refractivity contribution in [2.24, 2.45) is 17.1 Å². The average molecular weight is 854 g/mol. The van der Waals surface area contributed by atoms with Crippen molar-refractivity contribution in [2.45, 2.75) is 63.5 Å². The molecule has 0 saturated carbocycles. The Morgan fingerprint density at radius 1 is 0.825 bits per heavy atom. The first-order valence-corrected chi connectivity index (χ1v) is 22.1. The van der Waals surface area contributed by atoms with Crippen LogP contribution in [-0.2, 0) is 14.4 Å². The van der Waals surface area contributed by atoms with Gasteiger partial charge >= 0.3 is 0 Å². The van der Waals surface area contributed by atoms with Gasteiger partial charge in [0, 0.05) is 76.5 Å². The number of hydrogen-bond acceptors (Lipinski definition) is 11. The molecular formula is C47H51N9O7. The molecule has 6 aliphatic rings. The summed E-state index contributed by atoms with van der Waals surface area (Å²) >= 11 is 0. The number of rotatable bonds is 10. The SMILES string of the molecule is NC(=O)c1c(-c2ccc(Oc3ccccc3)cc2)nn2c1NCC[C@H]2C1CCN(C(=O)CCN2CC3(CCN(c4ccc5c(c4)C(=O)N(C4CCC(=O)NC4=O)C5=O)CC3)C2)CC1. The van der Waals surface area contributed by atoms with Gasteiger partial charge in [-0.1, -0.05) is 18.2 Å². The van der Waals surface area contributed by atoms with E-state index in [0.717, 1.165) is 86.7 Å². The average Bonchev–Trinajstić information content (AvgIpc) is 3.80. The van der Waals surface area contributed by atoms with E-state index in [1.165, 1.54) is 0 Å². The summed E-state index contributed by atoms with van der Waals surface area (Å²) < 4.78 is 7.93. The van der Waals surface area contributed by atoms with Crippen LogP contribution < -0.4 is 26.0 Å². The Morgan fingerprint density at radius 3 is 2.25 bits per heavy atom. The molecule has 3 aromatic carbocycles. The number of benzene rings is 3. The van der Waals surface area contributed by atoms with E-state index in [1.54, 1.807) is 12.1 Å². The number of imide groups is 2. The van der Waals surface area contributed by atoms with Crippen LogP contribution in [0.3, 0.4) is 0 Å². The molecule has 16 nitrogen and oxygen atoms in total. The number of nitrogens with zero attached hydrogens (tertiary/aromatic N) is 6. The van der Waals surface area contributed by atoms with Gasteiger partial charge in [0.25, 0.3) is 17.7 Å². The number of primary amides is 1. The number of para-hydroxylation sites is 1. The molecule has 4 fully saturated rings. The number of piperidine rings is 3. The van der Waals surface area contributed by atoms with E-state index in [4.69, 9.17) is 15.6 Å². The zero-order valence-corrected chi connectivity index (χ0v) is 35.1. The maximum absolute atomic E-state index is 13.5. The lowest BCUT2D eigenvalue weighted by Gasteiger charge is -2.54. The van der Waals surface area contributed by atoms with Gasteiger partial charge < -0.3 is 30.5 Å². The standard InChI is InChI=1S/C47H51N9O7/c48-42(59)40-41(30-6-9-33(10-7-30)63-32-4-2-1-3-5-32)51-56-36(14-20-49-43(40)56)29-15-22-54(23-16-29)39(58)17-21-52-27-47(28-52)18-24-53(25-19-47)31-8-11-34-35(26-31)46(62)55(45(34)61)37-12-13-38(57)50-44(37)60/h1-11,26,29,36-37,49H,12-25,27-28H2,(H2,48,59)(H,50,57,60)/t36-,37?/m0/s1. The highest BCUT2D eigenvalue weighted by Crippen LogP contribution is 2.43. The molecule has 6 aliphatic heterocycles. The molecule has 63 heavy (non-hydrogen) atoms. The number of amides is 6. The van der Waals surface area contributed by atoms with Crippen LogP contribution >= 0.6 is 0 Å². The molecular weight excluding hydrogens is 803 g/mol. The fourth-order valence-electron chi connectivity index (χ4n) is 10.7. The van der Waals surface area contributed by atoms with Crippen molar-refractivity contribution in [1.29, 1.82) is 0 Å². The molecule has 10 rings (SSSR count). The van der Waals surface area contributed by atoms with Crippen LogP contribution in [0.4, 0.5) is 11.5 Å². The lowest BCUT2D eigenvalue weighted by Crippen LogP contribution is -2.60. The number of likely N-dealkylation sites (tertiary alicyclic amines) is 2. The van der Waals surface area contributed by atoms with Gasteiger partial charge in [-0.2, -0.15) is 5.10 Å². The summed E-state index contributed by atoms with van der Waals surface area (Å²) in [5.41, 5.74) is 9.35. The molecule has 7 heterocycles. The summed E-state index contributed by atoms with van der Waals surface area (Å²) in [5, 5.41) is 10.6. The van der Waals surface area contributed by atoms with Gasteiger partial charge in [0.2, 0.25) is 17.7 Å². The van der Waals surface area contributed by atoms with Gasteiger partial charge in [-0.25, -0.2) is 4.68 Å². The van der Waals surface area contributed by atoms with Gasteiger partial charge in [-0.05, 0) is 104 Å². The topological polar surface area (TPSA) is 193 Å². The lowest BCUT2D eigenvalue weighted by atomic mass is 9.72. The van der Waals surface area contributed by atoms with Crippen LogP contribution in [0.15, 0.2) is 72.8 Å². The first-order valence-electron chi connectivity index (χ1n) is 22.1. The van der Waals surface area contributed by atoms with Crippen molar-refractivity contribution in [3.8, 4) is 22.8 Å². The summed E-state index contributed by atoms with van der Waals surface area (Å²) in [7, 11) is 0. The molecule has 0 bridgehead atoms. The Balaban J connectivity index is 0.693. The molecule has 1 unspecified atom stereocenters. The molecule has 16 heteroatoms. The summed E-state index contributed by atoms with van der Waals surface area (Å²) in [6.45, 7) is 6.38. The molecule has 6 amide bonds. The molecule has 0 aliphatic carbocycles. The molecule has 1 aromatic heterocycles. The van der Waals surface area contributed by atoms with Crippen molar-refractivity contribution >= 4 is 46.9 Å². The van der Waals surface area contributed by atoms with Crippen molar-refractivity contribution in [3.05, 3.63) is 89.5 Å². The highest BCUT2D eigenvalue weighted by molar-refractivity contribution is 6.23. The van der Waals surface area contributed by atoms with Crippen LogP contribution in [0.25, 0.3) is 11.3 Å². The fraction of sp³-hybridized carbons (Fsp3) is 0.426. The third kappa shape index (κ3) is 7.59. The Labute approximate surface area is 364 Å². The second-order valence-electron chi connectivity index (χ2n) is 17.9. The first-order chi connectivity index (χ1) is 30.5. The minimum absolute atomic E-state index is 0.0828. The maximum atomic E-state index is 13.5. The van der Waals surface area contributed by atoms with E-state index in [9.17, 15) is 28.8 Å². The van der Waals surface area contributed by atoms with E-state index < -0.39 is 35.6 Å². The third-order valence-corrected chi connectivity index (χ3v) is 14.1. The van der Waals surface area contributed by atoms with E-state index in [1.807, 2.05) is 70.2 Å². The number of carbonyl (C=O) groups excluding carboxylic acids is 6. The Hall–Kier alpha value is -6.55.